The fourth-order valence-corrected chi connectivity index (χ4v) is 3.91. The molecule has 8 nitrogen and oxygen atoms in total. The normalized spacial score (nSPS) is 11.3. The molecule has 0 saturated carbocycles. The maximum Gasteiger partial charge on any atom is 0.280 e. The summed E-state index contributed by atoms with van der Waals surface area (Å²) in [5.74, 6) is 1.63. The van der Waals surface area contributed by atoms with E-state index in [1.54, 1.807) is 30.3 Å². The smallest absolute Gasteiger partial charge is 0.280 e. The average Bonchev–Trinajstić information content (AvgIpc) is 2.83. The number of rotatable bonds is 10. The van der Waals surface area contributed by atoms with E-state index in [1.165, 1.54) is 45.7 Å². The molecule has 0 heterocycles. The maximum atomic E-state index is 12.6. The van der Waals surface area contributed by atoms with Crippen LogP contribution in [0, 0.1) is 0 Å². The van der Waals surface area contributed by atoms with Crippen LogP contribution in [0.2, 0.25) is 5.02 Å². The van der Waals surface area contributed by atoms with Gasteiger partial charge in [0.2, 0.25) is 0 Å². The van der Waals surface area contributed by atoms with Gasteiger partial charge in [-0.2, -0.15) is 18.4 Å². The fraction of sp³-hybridized carbons (Fsp3) is 0.174. The molecule has 3 aromatic rings. The van der Waals surface area contributed by atoms with Gasteiger partial charge in [0.1, 0.15) is 23.0 Å². The Morgan fingerprint density at radius 2 is 1.61 bits per heavy atom. The summed E-state index contributed by atoms with van der Waals surface area (Å²) in [5, 5.41) is 4.51. The van der Waals surface area contributed by atoms with Crippen LogP contribution >= 0.6 is 11.6 Å². The van der Waals surface area contributed by atoms with Crippen molar-refractivity contribution in [1.29, 1.82) is 0 Å². The lowest BCUT2D eigenvalue weighted by atomic mass is 10.2. The van der Waals surface area contributed by atoms with Gasteiger partial charge < -0.3 is 18.9 Å². The molecular formula is C23H23ClN2O6S. The first-order chi connectivity index (χ1) is 15.9. The van der Waals surface area contributed by atoms with Crippen molar-refractivity contribution in [2.45, 2.75) is 11.5 Å². The molecule has 33 heavy (non-hydrogen) atoms. The Balaban J connectivity index is 1.70. The highest BCUT2D eigenvalue weighted by Gasteiger charge is 2.19. The van der Waals surface area contributed by atoms with Gasteiger partial charge in [-0.3, -0.25) is 0 Å². The van der Waals surface area contributed by atoms with E-state index in [1.807, 2.05) is 12.1 Å². The van der Waals surface area contributed by atoms with Gasteiger partial charge in [0.25, 0.3) is 10.0 Å². The molecule has 0 amide bonds. The van der Waals surface area contributed by atoms with Gasteiger partial charge >= 0.3 is 0 Å². The summed E-state index contributed by atoms with van der Waals surface area (Å²) < 4.78 is 46.7. The molecule has 0 aromatic heterocycles. The van der Waals surface area contributed by atoms with Gasteiger partial charge in [0.05, 0.1) is 27.5 Å². The zero-order chi connectivity index (χ0) is 23.8. The first-order valence-corrected chi connectivity index (χ1v) is 11.5. The minimum Gasteiger partial charge on any atom is -0.497 e. The Morgan fingerprint density at radius 3 is 2.27 bits per heavy atom. The van der Waals surface area contributed by atoms with Crippen LogP contribution in [0.4, 0.5) is 0 Å². The number of methoxy groups -OCH3 is 3. The molecule has 3 rings (SSSR count). The zero-order valence-corrected chi connectivity index (χ0v) is 19.8. The molecule has 0 unspecified atom stereocenters. The predicted octanol–water partition coefficient (Wildman–Crippen LogP) is 4.26. The van der Waals surface area contributed by atoms with Gasteiger partial charge in [-0.25, -0.2) is 0 Å². The van der Waals surface area contributed by atoms with Crippen molar-refractivity contribution in [2.75, 3.05) is 21.3 Å². The van der Waals surface area contributed by atoms with E-state index in [-0.39, 0.29) is 10.6 Å². The zero-order valence-electron chi connectivity index (χ0n) is 18.2. The monoisotopic (exact) mass is 490 g/mol. The number of sulfonamides is 1. The number of ether oxygens (including phenoxy) is 4. The lowest BCUT2D eigenvalue weighted by Crippen LogP contribution is -2.19. The number of hydrazone groups is 1. The largest absolute Gasteiger partial charge is 0.497 e. The van der Waals surface area contributed by atoms with E-state index in [9.17, 15) is 8.42 Å². The molecule has 0 saturated heterocycles. The third-order valence-electron chi connectivity index (χ3n) is 4.54. The molecule has 0 aliphatic heterocycles. The van der Waals surface area contributed by atoms with Crippen LogP contribution in [0.25, 0.3) is 0 Å². The second kappa shape index (κ2) is 10.9. The summed E-state index contributed by atoms with van der Waals surface area (Å²) in [6.07, 6.45) is 1.36. The Morgan fingerprint density at radius 1 is 0.879 bits per heavy atom. The summed E-state index contributed by atoms with van der Waals surface area (Å²) in [7, 11) is 0.415. The minimum atomic E-state index is -3.96. The van der Waals surface area contributed by atoms with Crippen LogP contribution in [0.5, 0.6) is 23.0 Å². The van der Waals surface area contributed by atoms with Crippen molar-refractivity contribution in [2.24, 2.45) is 5.10 Å². The van der Waals surface area contributed by atoms with Crippen molar-refractivity contribution in [3.8, 4) is 23.0 Å². The van der Waals surface area contributed by atoms with Crippen molar-refractivity contribution >= 4 is 27.8 Å². The van der Waals surface area contributed by atoms with Gasteiger partial charge in [0, 0.05) is 11.1 Å². The Kier molecular flexibility index (Phi) is 8.02. The first kappa shape index (κ1) is 24.2. The summed E-state index contributed by atoms with van der Waals surface area (Å²) in [4.78, 5) is 2.11. The lowest BCUT2D eigenvalue weighted by molar-refractivity contribution is 0.284. The summed E-state index contributed by atoms with van der Waals surface area (Å²) >= 11 is 5.90. The van der Waals surface area contributed by atoms with E-state index < -0.39 is 10.0 Å². The SMILES string of the molecule is COc1ccc(S(=O)(=O)NN=Cc2ccc(OCc3ccc(Cl)cc3)c(OC)c2)c(OC)c1. The first-order valence-electron chi connectivity index (χ1n) is 9.68. The van der Waals surface area contributed by atoms with Crippen molar-refractivity contribution in [3.63, 3.8) is 0 Å². The lowest BCUT2D eigenvalue weighted by Gasteiger charge is -2.12. The molecule has 0 radical (unpaired) electrons. The molecule has 1 N–H and O–H groups in total. The molecule has 10 heteroatoms. The van der Waals surface area contributed by atoms with Crippen LogP contribution < -0.4 is 23.8 Å². The van der Waals surface area contributed by atoms with E-state index in [4.69, 9.17) is 30.5 Å². The van der Waals surface area contributed by atoms with Crippen LogP contribution in [0.1, 0.15) is 11.1 Å². The van der Waals surface area contributed by atoms with Crippen molar-refractivity contribution < 1.29 is 27.4 Å². The topological polar surface area (TPSA) is 95.5 Å². The highest BCUT2D eigenvalue weighted by atomic mass is 35.5. The molecule has 0 aliphatic rings. The average molecular weight is 491 g/mol. The fourth-order valence-electron chi connectivity index (χ4n) is 2.84. The van der Waals surface area contributed by atoms with E-state index in [0.717, 1.165) is 5.56 Å². The molecule has 0 aliphatic carbocycles. The van der Waals surface area contributed by atoms with Gasteiger partial charge in [-0.05, 0) is 53.6 Å². The Bertz CT molecular complexity index is 1230. The Hall–Kier alpha value is -3.43. The van der Waals surface area contributed by atoms with Crippen LogP contribution in [-0.2, 0) is 16.6 Å². The third-order valence-corrected chi connectivity index (χ3v) is 6.06. The number of nitrogens with zero attached hydrogens (tertiary/aromatic N) is 1. The maximum absolute atomic E-state index is 12.6. The highest BCUT2D eigenvalue weighted by molar-refractivity contribution is 7.89. The number of halogens is 1. The summed E-state index contributed by atoms with van der Waals surface area (Å²) in [6, 6.07) is 16.8. The molecule has 0 bridgehead atoms. The number of hydrogen-bond acceptors (Lipinski definition) is 7. The standard InChI is InChI=1S/C23H23ClN2O6S/c1-29-19-9-11-23(22(13-19)31-3)33(27,28)26-25-14-17-6-10-20(21(12-17)30-2)32-15-16-4-7-18(24)8-5-16/h4-14,26H,15H2,1-3H3. The second-order valence-corrected chi connectivity index (χ2v) is 8.76. The summed E-state index contributed by atoms with van der Waals surface area (Å²) in [6.45, 7) is 0.338. The number of hydrogen-bond donors (Lipinski definition) is 1. The Labute approximate surface area is 197 Å². The molecule has 0 spiro atoms. The predicted molar refractivity (Wildman–Crippen MR) is 126 cm³/mol. The van der Waals surface area contributed by atoms with Gasteiger partial charge in [0.15, 0.2) is 11.5 Å². The summed E-state index contributed by atoms with van der Waals surface area (Å²) in [5.41, 5.74) is 1.56. The van der Waals surface area contributed by atoms with Gasteiger partial charge in [-0.1, -0.05) is 23.7 Å². The quantitative estimate of drug-likeness (QED) is 0.337. The van der Waals surface area contributed by atoms with Gasteiger partial charge in [-0.15, -0.1) is 0 Å². The molecular weight excluding hydrogens is 468 g/mol. The molecule has 174 valence electrons. The second-order valence-electron chi connectivity index (χ2n) is 6.70. The molecule has 0 atom stereocenters. The van der Waals surface area contributed by atoms with Crippen molar-refractivity contribution in [1.82, 2.24) is 4.83 Å². The van der Waals surface area contributed by atoms with E-state index >= 15 is 0 Å². The number of nitrogens with one attached hydrogen (secondary N) is 1. The third kappa shape index (κ3) is 6.30. The van der Waals surface area contributed by atoms with E-state index in [0.29, 0.717) is 34.4 Å². The van der Waals surface area contributed by atoms with E-state index in [2.05, 4.69) is 9.93 Å². The molecule has 0 fully saturated rings. The van der Waals surface area contributed by atoms with Crippen LogP contribution in [0.15, 0.2) is 70.7 Å². The molecule has 3 aromatic carbocycles. The van der Waals surface area contributed by atoms with Crippen LogP contribution in [0.3, 0.4) is 0 Å². The minimum absolute atomic E-state index is 0.0634. The number of benzene rings is 3. The highest BCUT2D eigenvalue weighted by Crippen LogP contribution is 2.29. The van der Waals surface area contributed by atoms with Crippen LogP contribution in [-0.4, -0.2) is 36.0 Å². The van der Waals surface area contributed by atoms with Crippen molar-refractivity contribution in [3.05, 3.63) is 76.8 Å².